The number of nitrogens with one attached hydrogen (secondary N) is 1. The minimum Gasteiger partial charge on any atom is -0.356 e. The van der Waals surface area contributed by atoms with E-state index < -0.39 is 0 Å². The number of rotatable bonds is 6. The smallest absolute Gasteiger partial charge is 0.220 e. The molecule has 1 aromatic heterocycles. The lowest BCUT2D eigenvalue weighted by Gasteiger charge is -2.32. The number of anilines is 1. The highest BCUT2D eigenvalue weighted by molar-refractivity contribution is 5.75. The lowest BCUT2D eigenvalue weighted by molar-refractivity contribution is -0.121. The van der Waals surface area contributed by atoms with Gasteiger partial charge in [0.1, 0.15) is 5.82 Å². The Morgan fingerprint density at radius 1 is 1.13 bits per heavy atom. The van der Waals surface area contributed by atoms with Crippen molar-refractivity contribution in [3.8, 4) is 0 Å². The molecule has 5 nitrogen and oxygen atoms in total. The van der Waals surface area contributed by atoms with Crippen molar-refractivity contribution >= 4 is 11.7 Å². The van der Waals surface area contributed by atoms with Crippen molar-refractivity contribution in [2.24, 2.45) is 11.8 Å². The molecule has 1 amide bonds. The van der Waals surface area contributed by atoms with E-state index >= 15 is 0 Å². The van der Waals surface area contributed by atoms with Crippen LogP contribution in [-0.2, 0) is 4.79 Å². The minimum absolute atomic E-state index is 0.244. The Kier molecular flexibility index (Phi) is 5.83. The van der Waals surface area contributed by atoms with E-state index in [-0.39, 0.29) is 5.91 Å². The van der Waals surface area contributed by atoms with Crippen LogP contribution in [0.2, 0.25) is 0 Å². The van der Waals surface area contributed by atoms with Gasteiger partial charge in [-0.3, -0.25) is 9.78 Å². The molecule has 1 saturated heterocycles. The van der Waals surface area contributed by atoms with E-state index in [2.05, 4.69) is 20.2 Å². The quantitative estimate of drug-likeness (QED) is 0.877. The first-order valence-electron chi connectivity index (χ1n) is 9.09. The van der Waals surface area contributed by atoms with E-state index in [0.29, 0.717) is 12.3 Å². The van der Waals surface area contributed by atoms with Crippen molar-refractivity contribution in [2.75, 3.05) is 24.5 Å². The van der Waals surface area contributed by atoms with Crippen LogP contribution in [0.15, 0.2) is 18.6 Å². The summed E-state index contributed by atoms with van der Waals surface area (Å²) in [6.45, 7) is 2.83. The summed E-state index contributed by atoms with van der Waals surface area (Å²) >= 11 is 0. The molecule has 5 heteroatoms. The van der Waals surface area contributed by atoms with Crippen LogP contribution in [0.5, 0.6) is 0 Å². The third-order valence-electron chi connectivity index (χ3n) is 5.33. The topological polar surface area (TPSA) is 58.1 Å². The number of piperidine rings is 1. The molecule has 1 aromatic rings. The molecular formula is C18H28N4O. The van der Waals surface area contributed by atoms with Gasteiger partial charge in [-0.15, -0.1) is 0 Å². The van der Waals surface area contributed by atoms with Crippen molar-refractivity contribution < 1.29 is 4.79 Å². The molecule has 0 radical (unpaired) electrons. The Morgan fingerprint density at radius 3 is 2.61 bits per heavy atom. The van der Waals surface area contributed by atoms with Crippen LogP contribution in [0.3, 0.4) is 0 Å². The lowest BCUT2D eigenvalue weighted by Crippen LogP contribution is -2.39. The van der Waals surface area contributed by atoms with Gasteiger partial charge in [-0.2, -0.15) is 0 Å². The van der Waals surface area contributed by atoms with E-state index in [0.717, 1.165) is 50.6 Å². The summed E-state index contributed by atoms with van der Waals surface area (Å²) in [4.78, 5) is 22.8. The van der Waals surface area contributed by atoms with Gasteiger partial charge in [-0.1, -0.05) is 25.7 Å². The molecular weight excluding hydrogens is 288 g/mol. The van der Waals surface area contributed by atoms with Crippen molar-refractivity contribution in [3.05, 3.63) is 18.6 Å². The van der Waals surface area contributed by atoms with E-state index in [9.17, 15) is 4.79 Å². The molecule has 0 bridgehead atoms. The summed E-state index contributed by atoms with van der Waals surface area (Å²) in [5.41, 5.74) is 0. The summed E-state index contributed by atoms with van der Waals surface area (Å²) < 4.78 is 0. The zero-order valence-electron chi connectivity index (χ0n) is 13.9. The molecule has 1 saturated carbocycles. The fraction of sp³-hybridized carbons (Fsp3) is 0.722. The van der Waals surface area contributed by atoms with Gasteiger partial charge in [0.2, 0.25) is 5.91 Å². The van der Waals surface area contributed by atoms with Crippen molar-refractivity contribution in [2.45, 2.75) is 51.4 Å². The predicted octanol–water partition coefficient (Wildman–Crippen LogP) is 2.78. The molecule has 2 aliphatic rings. The number of nitrogens with zero attached hydrogens (tertiary/aromatic N) is 3. The van der Waals surface area contributed by atoms with Crippen molar-refractivity contribution in [3.63, 3.8) is 0 Å². The average molecular weight is 316 g/mol. The Labute approximate surface area is 138 Å². The van der Waals surface area contributed by atoms with Crippen LogP contribution in [0, 0.1) is 11.8 Å². The van der Waals surface area contributed by atoms with E-state index in [1.807, 2.05) is 6.20 Å². The van der Waals surface area contributed by atoms with Gasteiger partial charge >= 0.3 is 0 Å². The Hall–Kier alpha value is -1.65. The van der Waals surface area contributed by atoms with E-state index in [1.54, 1.807) is 12.4 Å². The van der Waals surface area contributed by atoms with Crippen LogP contribution >= 0.6 is 0 Å². The number of hydrogen-bond donors (Lipinski definition) is 1. The van der Waals surface area contributed by atoms with Crippen molar-refractivity contribution in [1.29, 1.82) is 0 Å². The fourth-order valence-electron chi connectivity index (χ4n) is 3.80. The first kappa shape index (κ1) is 16.2. The van der Waals surface area contributed by atoms with Crippen LogP contribution in [-0.4, -0.2) is 35.5 Å². The molecule has 1 aliphatic carbocycles. The van der Waals surface area contributed by atoms with E-state index in [4.69, 9.17) is 0 Å². The van der Waals surface area contributed by atoms with Gasteiger partial charge in [0.25, 0.3) is 0 Å². The Bertz CT molecular complexity index is 479. The van der Waals surface area contributed by atoms with Gasteiger partial charge in [0.05, 0.1) is 6.20 Å². The van der Waals surface area contributed by atoms with Crippen LogP contribution < -0.4 is 10.2 Å². The maximum absolute atomic E-state index is 12.0. The average Bonchev–Trinajstić information content (AvgIpc) is 3.13. The normalized spacial score (nSPS) is 19.9. The molecule has 3 rings (SSSR count). The van der Waals surface area contributed by atoms with Gasteiger partial charge in [-0.25, -0.2) is 4.98 Å². The van der Waals surface area contributed by atoms with E-state index in [1.165, 1.54) is 25.7 Å². The van der Waals surface area contributed by atoms with Crippen molar-refractivity contribution in [1.82, 2.24) is 15.3 Å². The summed E-state index contributed by atoms with van der Waals surface area (Å²) in [5, 5.41) is 3.15. The van der Waals surface area contributed by atoms with Crippen LogP contribution in [0.4, 0.5) is 5.82 Å². The zero-order chi connectivity index (χ0) is 15.9. The first-order valence-corrected chi connectivity index (χ1v) is 9.09. The lowest BCUT2D eigenvalue weighted by atomic mass is 9.96. The summed E-state index contributed by atoms with van der Waals surface area (Å²) in [6.07, 6.45) is 14.7. The third-order valence-corrected chi connectivity index (χ3v) is 5.33. The largest absolute Gasteiger partial charge is 0.356 e. The summed E-state index contributed by atoms with van der Waals surface area (Å²) in [6, 6.07) is 0. The molecule has 0 aromatic carbocycles. The number of aromatic nitrogens is 2. The third kappa shape index (κ3) is 4.91. The second kappa shape index (κ2) is 8.27. The second-order valence-corrected chi connectivity index (χ2v) is 6.99. The first-order chi connectivity index (χ1) is 11.3. The molecule has 0 unspecified atom stereocenters. The van der Waals surface area contributed by atoms with Gasteiger partial charge in [0.15, 0.2) is 0 Å². The van der Waals surface area contributed by atoms with Gasteiger partial charge < -0.3 is 10.2 Å². The number of carbonyl (C=O) groups is 1. The highest BCUT2D eigenvalue weighted by Gasteiger charge is 2.21. The van der Waals surface area contributed by atoms with Crippen LogP contribution in [0.25, 0.3) is 0 Å². The monoisotopic (exact) mass is 316 g/mol. The maximum atomic E-state index is 12.0. The predicted molar refractivity (Wildman–Crippen MR) is 91.2 cm³/mol. The molecule has 2 fully saturated rings. The number of carbonyl (C=O) groups excluding carboxylic acids is 1. The maximum Gasteiger partial charge on any atom is 0.220 e. The Morgan fingerprint density at radius 2 is 1.91 bits per heavy atom. The molecule has 0 atom stereocenters. The Balaban J connectivity index is 1.32. The molecule has 1 aliphatic heterocycles. The standard InChI is InChI=1S/C18H28N4O/c23-18(6-5-15-3-1-2-4-15)21-13-16-7-11-22(12-8-16)17-14-19-9-10-20-17/h9-10,14-16H,1-8,11-13H2,(H,21,23). The molecule has 23 heavy (non-hydrogen) atoms. The summed E-state index contributed by atoms with van der Waals surface area (Å²) in [5.74, 6) is 2.61. The zero-order valence-corrected chi connectivity index (χ0v) is 13.9. The molecule has 0 spiro atoms. The van der Waals surface area contributed by atoms with Crippen LogP contribution in [0.1, 0.15) is 51.4 Å². The fourth-order valence-corrected chi connectivity index (χ4v) is 3.80. The minimum atomic E-state index is 0.244. The van der Waals surface area contributed by atoms with Gasteiger partial charge in [-0.05, 0) is 31.1 Å². The van der Waals surface area contributed by atoms with Gasteiger partial charge in [0, 0.05) is 38.4 Å². The highest BCUT2D eigenvalue weighted by Crippen LogP contribution is 2.28. The molecule has 126 valence electrons. The summed E-state index contributed by atoms with van der Waals surface area (Å²) in [7, 11) is 0. The highest BCUT2D eigenvalue weighted by atomic mass is 16.1. The molecule has 1 N–H and O–H groups in total. The number of amides is 1. The molecule has 2 heterocycles. The second-order valence-electron chi connectivity index (χ2n) is 6.99. The SMILES string of the molecule is O=C(CCC1CCCC1)NCC1CCN(c2cnccn2)CC1. The number of hydrogen-bond acceptors (Lipinski definition) is 4.